The van der Waals surface area contributed by atoms with Crippen LogP contribution >= 0.6 is 54.5 Å². The number of hydrogen-bond acceptors (Lipinski definition) is 2. The zero-order valence-electron chi connectivity index (χ0n) is 9.61. The Morgan fingerprint density at radius 2 is 2.00 bits per heavy atom. The molecule has 0 nitrogen and oxygen atoms in total. The molecule has 92 valence electrons. The highest BCUT2D eigenvalue weighted by Gasteiger charge is 2.18. The topological polar surface area (TPSA) is 0 Å². The smallest absolute Gasteiger partial charge is 0.0754 e. The lowest BCUT2D eigenvalue weighted by Crippen LogP contribution is -1.90. The second-order valence-corrected chi connectivity index (χ2v) is 7.74. The summed E-state index contributed by atoms with van der Waals surface area (Å²) in [4.78, 5) is 1.69. The molecule has 3 rings (SSSR count). The fourth-order valence-corrected chi connectivity index (χ4v) is 5.83. The standard InChI is InChI=1S/C14H10Br2S2/c1-8-5-6-17-13(8)12(16)10-7-18-14-9(10)3-2-4-11(14)15/h2-7,12H,1H3. The minimum Gasteiger partial charge on any atom is -0.147 e. The summed E-state index contributed by atoms with van der Waals surface area (Å²) < 4.78 is 2.50. The summed E-state index contributed by atoms with van der Waals surface area (Å²) >= 11 is 11.1. The number of thiophene rings is 2. The fraction of sp³-hybridized carbons (Fsp3) is 0.143. The van der Waals surface area contributed by atoms with Crippen molar-refractivity contribution in [3.05, 3.63) is 55.5 Å². The Hall–Kier alpha value is -0.160. The van der Waals surface area contributed by atoms with E-state index in [-0.39, 0.29) is 0 Å². The van der Waals surface area contributed by atoms with Crippen LogP contribution in [0.25, 0.3) is 10.1 Å². The van der Waals surface area contributed by atoms with Crippen LogP contribution in [0.3, 0.4) is 0 Å². The van der Waals surface area contributed by atoms with E-state index in [2.05, 4.69) is 73.8 Å². The lowest BCUT2D eigenvalue weighted by molar-refractivity contribution is 1.23. The Labute approximate surface area is 131 Å². The van der Waals surface area contributed by atoms with Crippen LogP contribution in [0.2, 0.25) is 0 Å². The van der Waals surface area contributed by atoms with Crippen LogP contribution in [0.15, 0.2) is 39.5 Å². The molecule has 0 aliphatic carbocycles. The molecule has 18 heavy (non-hydrogen) atoms. The number of benzene rings is 1. The predicted molar refractivity (Wildman–Crippen MR) is 89.4 cm³/mol. The van der Waals surface area contributed by atoms with E-state index in [1.54, 1.807) is 11.3 Å². The van der Waals surface area contributed by atoms with Gasteiger partial charge in [-0.3, -0.25) is 0 Å². The Morgan fingerprint density at radius 3 is 2.72 bits per heavy atom. The highest BCUT2D eigenvalue weighted by atomic mass is 79.9. The largest absolute Gasteiger partial charge is 0.147 e. The van der Waals surface area contributed by atoms with Gasteiger partial charge in [0.15, 0.2) is 0 Å². The molecule has 0 fully saturated rings. The highest BCUT2D eigenvalue weighted by Crippen LogP contribution is 2.43. The van der Waals surface area contributed by atoms with Gasteiger partial charge in [-0.05, 0) is 62.3 Å². The minimum absolute atomic E-state index is 0.292. The van der Waals surface area contributed by atoms with Gasteiger partial charge in [-0.1, -0.05) is 28.1 Å². The molecule has 0 saturated heterocycles. The summed E-state index contributed by atoms with van der Waals surface area (Å²) in [5.74, 6) is 0. The molecule has 2 heterocycles. The van der Waals surface area contributed by atoms with E-state index >= 15 is 0 Å². The van der Waals surface area contributed by atoms with E-state index < -0.39 is 0 Å². The van der Waals surface area contributed by atoms with Crippen molar-refractivity contribution in [3.63, 3.8) is 0 Å². The number of halogens is 2. The van der Waals surface area contributed by atoms with Gasteiger partial charge >= 0.3 is 0 Å². The molecule has 0 saturated carbocycles. The van der Waals surface area contributed by atoms with Gasteiger partial charge in [0.25, 0.3) is 0 Å². The first-order valence-corrected chi connectivity index (χ1v) is 8.99. The Bertz CT molecular complexity index is 697. The monoisotopic (exact) mass is 400 g/mol. The van der Waals surface area contributed by atoms with Crippen molar-refractivity contribution in [2.75, 3.05) is 0 Å². The molecule has 4 heteroatoms. The van der Waals surface area contributed by atoms with Gasteiger partial charge in [0, 0.05) is 14.0 Å². The van der Waals surface area contributed by atoms with E-state index in [1.165, 1.54) is 30.6 Å². The van der Waals surface area contributed by atoms with E-state index in [4.69, 9.17) is 0 Å². The molecule has 0 amide bonds. The Kier molecular flexibility index (Phi) is 3.63. The minimum atomic E-state index is 0.292. The molecule has 0 bridgehead atoms. The van der Waals surface area contributed by atoms with Crippen molar-refractivity contribution in [2.45, 2.75) is 11.8 Å². The van der Waals surface area contributed by atoms with Crippen molar-refractivity contribution >= 4 is 64.6 Å². The first-order chi connectivity index (χ1) is 8.68. The molecule has 1 unspecified atom stereocenters. The fourth-order valence-electron chi connectivity index (χ4n) is 2.02. The van der Waals surface area contributed by atoms with Gasteiger partial charge in [-0.2, -0.15) is 0 Å². The van der Waals surface area contributed by atoms with Gasteiger partial charge < -0.3 is 0 Å². The first kappa shape index (κ1) is 12.9. The van der Waals surface area contributed by atoms with Crippen LogP contribution < -0.4 is 0 Å². The molecular formula is C14H10Br2S2. The van der Waals surface area contributed by atoms with Gasteiger partial charge in [-0.25, -0.2) is 0 Å². The summed E-state index contributed by atoms with van der Waals surface area (Å²) in [7, 11) is 0. The first-order valence-electron chi connectivity index (χ1n) is 5.52. The molecular weight excluding hydrogens is 392 g/mol. The molecule has 0 aliphatic heterocycles. The molecule has 1 aromatic carbocycles. The van der Waals surface area contributed by atoms with E-state index in [0.717, 1.165) is 0 Å². The molecule has 0 N–H and O–H groups in total. The number of aryl methyl sites for hydroxylation is 1. The quantitative estimate of drug-likeness (QED) is 0.429. The van der Waals surface area contributed by atoms with Crippen molar-refractivity contribution in [2.24, 2.45) is 0 Å². The summed E-state index contributed by atoms with van der Waals surface area (Å²) in [6, 6.07) is 8.58. The average molecular weight is 402 g/mol. The van der Waals surface area contributed by atoms with E-state index in [0.29, 0.717) is 4.83 Å². The molecule has 3 aromatic rings. The second-order valence-electron chi connectivity index (χ2n) is 4.14. The Morgan fingerprint density at radius 1 is 1.17 bits per heavy atom. The van der Waals surface area contributed by atoms with E-state index in [9.17, 15) is 0 Å². The summed E-state index contributed by atoms with van der Waals surface area (Å²) in [5.41, 5.74) is 2.72. The number of hydrogen-bond donors (Lipinski definition) is 0. The molecule has 1 atom stereocenters. The highest BCUT2D eigenvalue weighted by molar-refractivity contribution is 9.10. The maximum Gasteiger partial charge on any atom is 0.0754 e. The predicted octanol–water partition coefficient (Wildman–Crippen LogP) is 6.52. The van der Waals surface area contributed by atoms with Crippen LogP contribution in [-0.4, -0.2) is 0 Å². The zero-order valence-corrected chi connectivity index (χ0v) is 14.4. The lowest BCUT2D eigenvalue weighted by atomic mass is 10.1. The zero-order chi connectivity index (χ0) is 12.7. The van der Waals surface area contributed by atoms with Gasteiger partial charge in [0.1, 0.15) is 0 Å². The molecule has 0 aliphatic rings. The normalized spacial score (nSPS) is 13.1. The number of fused-ring (bicyclic) bond motifs is 1. The van der Waals surface area contributed by atoms with Crippen molar-refractivity contribution < 1.29 is 0 Å². The van der Waals surface area contributed by atoms with Gasteiger partial charge in [0.2, 0.25) is 0 Å². The lowest BCUT2D eigenvalue weighted by Gasteiger charge is -2.08. The summed E-state index contributed by atoms with van der Waals surface area (Å²) in [6.45, 7) is 2.17. The third kappa shape index (κ3) is 2.09. The average Bonchev–Trinajstić information content (AvgIpc) is 2.95. The number of rotatable bonds is 2. The molecule has 2 aromatic heterocycles. The third-order valence-corrected chi connectivity index (χ3v) is 7.30. The number of alkyl halides is 1. The summed E-state index contributed by atoms with van der Waals surface area (Å²) in [6.07, 6.45) is 0. The Balaban J connectivity index is 2.16. The molecule has 0 spiro atoms. The van der Waals surface area contributed by atoms with Gasteiger partial charge in [0.05, 0.1) is 4.83 Å². The maximum atomic E-state index is 3.85. The third-order valence-electron chi connectivity index (χ3n) is 2.99. The van der Waals surface area contributed by atoms with Crippen LogP contribution in [0.4, 0.5) is 0 Å². The SMILES string of the molecule is Cc1ccsc1C(Br)c1csc2c(Br)cccc12. The van der Waals surface area contributed by atoms with Crippen LogP contribution in [0.1, 0.15) is 20.8 Å². The van der Waals surface area contributed by atoms with Crippen molar-refractivity contribution in [3.8, 4) is 0 Å². The van der Waals surface area contributed by atoms with Gasteiger partial charge in [-0.15, -0.1) is 22.7 Å². The summed E-state index contributed by atoms with van der Waals surface area (Å²) in [5, 5.41) is 5.75. The molecule has 0 radical (unpaired) electrons. The maximum absolute atomic E-state index is 3.85. The van der Waals surface area contributed by atoms with Crippen LogP contribution in [0.5, 0.6) is 0 Å². The second kappa shape index (κ2) is 5.08. The van der Waals surface area contributed by atoms with E-state index in [1.807, 2.05) is 11.3 Å². The van der Waals surface area contributed by atoms with Crippen LogP contribution in [0, 0.1) is 6.92 Å². The van der Waals surface area contributed by atoms with Crippen molar-refractivity contribution in [1.29, 1.82) is 0 Å². The van der Waals surface area contributed by atoms with Crippen molar-refractivity contribution in [1.82, 2.24) is 0 Å². The van der Waals surface area contributed by atoms with Crippen LogP contribution in [-0.2, 0) is 0 Å².